The number of ether oxygens (including phenoxy) is 4. The molecule has 0 bridgehead atoms. The topological polar surface area (TPSA) is 171 Å². The first-order chi connectivity index (χ1) is 13.3. The molecule has 0 aliphatic carbocycles. The van der Waals surface area contributed by atoms with Crippen LogP contribution in [-0.4, -0.2) is 67.8 Å². The summed E-state index contributed by atoms with van der Waals surface area (Å²) in [4.78, 5) is 42.3. The van der Waals surface area contributed by atoms with Gasteiger partial charge >= 0.3 is 17.9 Å². The lowest BCUT2D eigenvalue weighted by Crippen LogP contribution is -2.40. The Morgan fingerprint density at radius 3 is 2.43 bits per heavy atom. The lowest BCUT2D eigenvalue weighted by molar-refractivity contribution is -0.166. The van der Waals surface area contributed by atoms with E-state index in [4.69, 9.17) is 24.7 Å². The molecule has 13 nitrogen and oxygen atoms in total. The molecule has 2 N–H and O–H groups in total. The third-order valence-electron chi connectivity index (χ3n) is 3.87. The van der Waals surface area contributed by atoms with E-state index in [2.05, 4.69) is 20.3 Å². The summed E-state index contributed by atoms with van der Waals surface area (Å²) >= 11 is 0. The maximum Gasteiger partial charge on any atom is 0.303 e. The van der Waals surface area contributed by atoms with E-state index in [0.717, 1.165) is 0 Å². The zero-order valence-electron chi connectivity index (χ0n) is 15.3. The van der Waals surface area contributed by atoms with E-state index in [9.17, 15) is 14.4 Å². The molecule has 1 aliphatic heterocycles. The lowest BCUT2D eigenvalue weighted by atomic mass is 10.1. The van der Waals surface area contributed by atoms with Gasteiger partial charge in [-0.3, -0.25) is 14.4 Å². The maximum atomic E-state index is 11.6. The molecule has 1 fully saturated rings. The maximum absolute atomic E-state index is 11.6. The highest BCUT2D eigenvalue weighted by Crippen LogP contribution is 2.35. The number of aromatic nitrogens is 5. The standard InChI is InChI=1S/C15H18N6O7/c1-6(22)25-4-9-11(26-7(2)23)12(27-8(3)24)15(28-9)21-14-10(19-20-21)13(16)17-5-18-14/h5,9,11-12,15H,4H2,1-3H3,(H2,16,17,18)/t9-,11-,12-,15-/m1/s1. The molecule has 0 amide bonds. The number of hydrogen-bond donors (Lipinski definition) is 1. The van der Waals surface area contributed by atoms with Gasteiger partial charge in [-0.05, 0) is 0 Å². The number of rotatable bonds is 5. The van der Waals surface area contributed by atoms with Gasteiger partial charge in [-0.25, -0.2) is 9.97 Å². The fourth-order valence-electron chi connectivity index (χ4n) is 2.84. The summed E-state index contributed by atoms with van der Waals surface area (Å²) in [5, 5.41) is 7.87. The van der Waals surface area contributed by atoms with Crippen LogP contribution in [0.4, 0.5) is 5.82 Å². The predicted molar refractivity (Wildman–Crippen MR) is 89.2 cm³/mol. The molecular weight excluding hydrogens is 376 g/mol. The van der Waals surface area contributed by atoms with Gasteiger partial charge in [-0.15, -0.1) is 5.10 Å². The minimum atomic E-state index is -1.09. The first kappa shape index (κ1) is 19.4. The van der Waals surface area contributed by atoms with E-state index in [-0.39, 0.29) is 23.6 Å². The quantitative estimate of drug-likeness (QED) is 0.491. The highest BCUT2D eigenvalue weighted by atomic mass is 16.7. The zero-order chi connectivity index (χ0) is 20.4. The van der Waals surface area contributed by atoms with Crippen molar-refractivity contribution in [2.24, 2.45) is 0 Å². The van der Waals surface area contributed by atoms with Crippen LogP contribution in [-0.2, 0) is 33.3 Å². The number of nitrogens with two attached hydrogens (primary N) is 1. The number of esters is 3. The van der Waals surface area contributed by atoms with Gasteiger partial charge in [0.2, 0.25) is 0 Å². The first-order valence-electron chi connectivity index (χ1n) is 8.22. The third kappa shape index (κ3) is 3.83. The van der Waals surface area contributed by atoms with Crippen LogP contribution in [0, 0.1) is 0 Å². The molecule has 1 aliphatic rings. The predicted octanol–water partition coefficient (Wildman–Crippen LogP) is -0.873. The second kappa shape index (κ2) is 7.72. The van der Waals surface area contributed by atoms with Gasteiger partial charge in [0.05, 0.1) is 0 Å². The molecule has 28 heavy (non-hydrogen) atoms. The van der Waals surface area contributed by atoms with Crippen LogP contribution < -0.4 is 5.73 Å². The average Bonchev–Trinajstić information content (AvgIpc) is 3.16. The minimum Gasteiger partial charge on any atom is -0.463 e. The molecule has 0 spiro atoms. The Morgan fingerprint density at radius 2 is 1.79 bits per heavy atom. The fourth-order valence-corrected chi connectivity index (χ4v) is 2.84. The smallest absolute Gasteiger partial charge is 0.303 e. The Labute approximate surface area is 158 Å². The van der Waals surface area contributed by atoms with Crippen molar-refractivity contribution >= 4 is 34.9 Å². The van der Waals surface area contributed by atoms with E-state index in [1.54, 1.807) is 0 Å². The van der Waals surface area contributed by atoms with Crippen LogP contribution in [0.5, 0.6) is 0 Å². The number of nitrogens with zero attached hydrogens (tertiary/aromatic N) is 5. The molecule has 2 aromatic rings. The monoisotopic (exact) mass is 394 g/mol. The van der Waals surface area contributed by atoms with Crippen LogP contribution >= 0.6 is 0 Å². The second-order valence-corrected chi connectivity index (χ2v) is 5.98. The van der Waals surface area contributed by atoms with Crippen molar-refractivity contribution in [1.82, 2.24) is 25.0 Å². The molecule has 0 radical (unpaired) electrons. The van der Waals surface area contributed by atoms with Gasteiger partial charge in [0.25, 0.3) is 0 Å². The summed E-state index contributed by atoms with van der Waals surface area (Å²) in [5.74, 6) is -1.72. The molecule has 3 heterocycles. The Balaban J connectivity index is 2.01. The van der Waals surface area contributed by atoms with Gasteiger partial charge in [0.1, 0.15) is 19.0 Å². The molecule has 0 unspecified atom stereocenters. The average molecular weight is 394 g/mol. The fraction of sp³-hybridized carbons (Fsp3) is 0.533. The van der Waals surface area contributed by atoms with E-state index in [1.807, 2.05) is 0 Å². The minimum absolute atomic E-state index is 0.103. The highest BCUT2D eigenvalue weighted by Gasteiger charge is 2.51. The van der Waals surface area contributed by atoms with Gasteiger partial charge in [0, 0.05) is 20.8 Å². The Hall–Kier alpha value is -3.35. The van der Waals surface area contributed by atoms with Gasteiger partial charge < -0.3 is 24.7 Å². The number of hydrogen-bond acceptors (Lipinski definition) is 12. The molecule has 4 atom stereocenters. The van der Waals surface area contributed by atoms with Gasteiger partial charge in [0.15, 0.2) is 35.4 Å². The third-order valence-corrected chi connectivity index (χ3v) is 3.87. The van der Waals surface area contributed by atoms with Crippen molar-refractivity contribution in [2.75, 3.05) is 12.3 Å². The van der Waals surface area contributed by atoms with Crippen LogP contribution in [0.2, 0.25) is 0 Å². The van der Waals surface area contributed by atoms with Crippen LogP contribution in [0.1, 0.15) is 27.0 Å². The van der Waals surface area contributed by atoms with Crippen LogP contribution in [0.15, 0.2) is 6.33 Å². The Bertz CT molecular complexity index is 915. The summed E-state index contributed by atoms with van der Waals surface area (Å²) in [6.45, 7) is 3.38. The van der Waals surface area contributed by atoms with E-state index < -0.39 is 42.4 Å². The Kier molecular flexibility index (Phi) is 5.35. The summed E-state index contributed by atoms with van der Waals surface area (Å²) in [5.41, 5.74) is 6.21. The largest absolute Gasteiger partial charge is 0.463 e. The number of fused-ring (bicyclic) bond motifs is 1. The number of anilines is 1. The van der Waals surface area contributed by atoms with Gasteiger partial charge in [-0.2, -0.15) is 4.68 Å². The molecule has 3 rings (SSSR count). The lowest BCUT2D eigenvalue weighted by Gasteiger charge is -2.23. The summed E-state index contributed by atoms with van der Waals surface area (Å²) in [6, 6.07) is 0. The van der Waals surface area contributed by atoms with Gasteiger partial charge in [-0.1, -0.05) is 5.21 Å². The molecule has 0 saturated carbocycles. The van der Waals surface area contributed by atoms with Crippen molar-refractivity contribution in [2.45, 2.75) is 45.3 Å². The molecule has 1 saturated heterocycles. The normalized spacial score (nSPS) is 24.1. The summed E-state index contributed by atoms with van der Waals surface area (Å²) in [7, 11) is 0. The SMILES string of the molecule is CC(=O)OC[C@H]1O[C@@H](n2nnc3c(N)ncnc32)[C@H](OC(C)=O)[C@@H]1OC(C)=O. The molecule has 0 aromatic carbocycles. The van der Waals surface area contributed by atoms with Crippen molar-refractivity contribution in [3.8, 4) is 0 Å². The van der Waals surface area contributed by atoms with E-state index in [1.165, 1.54) is 31.8 Å². The number of carbonyl (C=O) groups is 3. The molecule has 150 valence electrons. The first-order valence-corrected chi connectivity index (χ1v) is 8.22. The van der Waals surface area contributed by atoms with Crippen molar-refractivity contribution in [1.29, 1.82) is 0 Å². The molecule has 13 heteroatoms. The van der Waals surface area contributed by atoms with Crippen molar-refractivity contribution in [3.05, 3.63) is 6.33 Å². The zero-order valence-corrected chi connectivity index (χ0v) is 15.3. The van der Waals surface area contributed by atoms with E-state index in [0.29, 0.717) is 0 Å². The molecule has 2 aromatic heterocycles. The number of nitrogen functional groups attached to an aromatic ring is 1. The summed E-state index contributed by atoms with van der Waals surface area (Å²) in [6.07, 6.45) is -2.91. The van der Waals surface area contributed by atoms with E-state index >= 15 is 0 Å². The van der Waals surface area contributed by atoms with Crippen LogP contribution in [0.25, 0.3) is 11.2 Å². The summed E-state index contributed by atoms with van der Waals surface area (Å²) < 4.78 is 22.7. The Morgan fingerprint density at radius 1 is 1.11 bits per heavy atom. The van der Waals surface area contributed by atoms with Crippen LogP contribution in [0.3, 0.4) is 0 Å². The highest BCUT2D eigenvalue weighted by molar-refractivity contribution is 5.80. The second-order valence-electron chi connectivity index (χ2n) is 5.98. The number of carbonyl (C=O) groups excluding carboxylic acids is 3. The van der Waals surface area contributed by atoms with Crippen molar-refractivity contribution in [3.63, 3.8) is 0 Å². The molecular formula is C15H18N6O7. The van der Waals surface area contributed by atoms with Crippen molar-refractivity contribution < 1.29 is 33.3 Å².